The van der Waals surface area contributed by atoms with Gasteiger partial charge in [0.2, 0.25) is 0 Å². The van der Waals surface area contributed by atoms with Crippen LogP contribution in [0.25, 0.3) is 0 Å². The lowest BCUT2D eigenvalue weighted by molar-refractivity contribution is -0.161. The molecular weight excluding hydrogens is 1280 g/mol. The Balaban J connectivity index is 5.31. The summed E-state index contributed by atoms with van der Waals surface area (Å²) in [7, 11) is -9.95. The molecule has 0 aromatic rings. The van der Waals surface area contributed by atoms with Crippen molar-refractivity contribution in [3.8, 4) is 0 Å². The Morgan fingerprint density at radius 3 is 0.867 bits per heavy atom. The Morgan fingerprint density at radius 1 is 0.286 bits per heavy atom. The lowest BCUT2D eigenvalue weighted by Crippen LogP contribution is -2.30. The van der Waals surface area contributed by atoms with E-state index in [1.54, 1.807) is 0 Å². The number of rotatable bonds is 73. The summed E-state index contributed by atoms with van der Waals surface area (Å²) >= 11 is 0. The maximum absolute atomic E-state index is 13.1. The van der Waals surface area contributed by atoms with Gasteiger partial charge in [-0.05, 0) is 135 Å². The number of esters is 4. The van der Waals surface area contributed by atoms with Crippen LogP contribution in [0.15, 0.2) is 85.1 Å². The molecule has 5 unspecified atom stereocenters. The third kappa shape index (κ3) is 70.7. The fraction of sp³-hybridized carbons (Fsp3) is 0.772. The first-order valence-electron chi connectivity index (χ1n) is 38.8. The fourth-order valence-electron chi connectivity index (χ4n) is 10.3. The Morgan fingerprint density at radius 2 is 0.531 bits per heavy atom. The Kier molecular flexibility index (Phi) is 68.9. The van der Waals surface area contributed by atoms with Crippen LogP contribution in [0.2, 0.25) is 0 Å². The molecule has 0 amide bonds. The molecule has 0 aliphatic rings. The van der Waals surface area contributed by atoms with Gasteiger partial charge in [0.05, 0.1) is 26.4 Å². The zero-order valence-corrected chi connectivity index (χ0v) is 63.7. The number of ether oxygens (including phenoxy) is 4. The smallest absolute Gasteiger partial charge is 0.462 e. The number of phosphoric acid groups is 2. The molecule has 0 aromatic carbocycles. The van der Waals surface area contributed by atoms with Crippen LogP contribution in [0.5, 0.6) is 0 Å². The molecule has 0 rings (SSSR count). The molecule has 0 aliphatic carbocycles. The second-order valence-corrected chi connectivity index (χ2v) is 28.8. The van der Waals surface area contributed by atoms with Gasteiger partial charge < -0.3 is 33.8 Å². The maximum Gasteiger partial charge on any atom is 0.472 e. The van der Waals surface area contributed by atoms with E-state index in [0.29, 0.717) is 25.7 Å². The molecule has 0 fully saturated rings. The third-order valence-electron chi connectivity index (χ3n) is 16.3. The van der Waals surface area contributed by atoms with E-state index in [0.717, 1.165) is 186 Å². The van der Waals surface area contributed by atoms with E-state index >= 15 is 0 Å². The van der Waals surface area contributed by atoms with Gasteiger partial charge in [-0.2, -0.15) is 0 Å². The van der Waals surface area contributed by atoms with Crippen LogP contribution in [-0.2, 0) is 65.4 Å². The monoisotopic (exact) mass is 1420 g/mol. The molecule has 17 nitrogen and oxygen atoms in total. The number of carbonyl (C=O) groups is 4. The van der Waals surface area contributed by atoms with Crippen LogP contribution in [0.1, 0.15) is 336 Å². The van der Waals surface area contributed by atoms with Crippen molar-refractivity contribution < 1.29 is 80.2 Å². The molecule has 0 saturated heterocycles. The summed E-state index contributed by atoms with van der Waals surface area (Å²) < 4.78 is 68.4. The second kappa shape index (κ2) is 71.6. The number of hydrogen-bond donors (Lipinski definition) is 3. The van der Waals surface area contributed by atoms with Gasteiger partial charge >= 0.3 is 39.5 Å². The maximum atomic E-state index is 13.1. The summed E-state index contributed by atoms with van der Waals surface area (Å²) in [6.45, 7) is 4.72. The van der Waals surface area contributed by atoms with E-state index < -0.39 is 97.5 Å². The minimum Gasteiger partial charge on any atom is -0.462 e. The molecule has 0 aliphatic heterocycles. The molecule has 0 radical (unpaired) electrons. The normalized spacial score (nSPS) is 14.4. The number of aliphatic hydroxyl groups excluding tert-OH is 1. The molecule has 5 atom stereocenters. The van der Waals surface area contributed by atoms with Gasteiger partial charge in [-0.3, -0.25) is 37.3 Å². The number of unbranched alkanes of at least 4 members (excludes halogenated alkanes) is 33. The van der Waals surface area contributed by atoms with E-state index in [-0.39, 0.29) is 25.7 Å². The number of phosphoric ester groups is 2. The SMILES string of the molecule is CCC/C=C\C/C=C\CCCCCCCC(=O)OC(COC(=O)CCCCCCC/C=C\CCCCCCCC)COP(=O)(O)OCC(O)COP(=O)(O)OCC(COC(=O)CCCCCCCC/C=C\C/C=C\C/C=C\CCCCC)OC(=O)CCCCCCC/C=C\CCCC. The predicted octanol–water partition coefficient (Wildman–Crippen LogP) is 22.2. The first-order chi connectivity index (χ1) is 47.7. The average Bonchev–Trinajstić information content (AvgIpc) is 0.982. The van der Waals surface area contributed by atoms with Gasteiger partial charge in [-0.1, -0.05) is 260 Å². The minimum atomic E-state index is -4.98. The number of aliphatic hydroxyl groups is 1. The molecular formula is C79H140O17P2. The highest BCUT2D eigenvalue weighted by atomic mass is 31.2. The van der Waals surface area contributed by atoms with E-state index in [1.165, 1.54) is 70.6 Å². The molecule has 0 spiro atoms. The van der Waals surface area contributed by atoms with Gasteiger partial charge in [0.1, 0.15) is 19.3 Å². The molecule has 0 bridgehead atoms. The van der Waals surface area contributed by atoms with Gasteiger partial charge in [-0.15, -0.1) is 0 Å². The van der Waals surface area contributed by atoms with Crippen molar-refractivity contribution in [3.63, 3.8) is 0 Å². The quantitative estimate of drug-likeness (QED) is 0.0169. The Labute approximate surface area is 595 Å². The topological polar surface area (TPSA) is 237 Å². The van der Waals surface area contributed by atoms with Crippen molar-refractivity contribution >= 4 is 39.5 Å². The van der Waals surface area contributed by atoms with E-state index in [4.69, 9.17) is 37.0 Å². The van der Waals surface area contributed by atoms with Crippen LogP contribution < -0.4 is 0 Å². The summed E-state index contributed by atoms with van der Waals surface area (Å²) in [6.07, 6.45) is 72.9. The van der Waals surface area contributed by atoms with Crippen molar-refractivity contribution in [3.05, 3.63) is 85.1 Å². The third-order valence-corrected chi connectivity index (χ3v) is 18.2. The molecule has 0 aromatic heterocycles. The average molecular weight is 1420 g/mol. The Bertz CT molecular complexity index is 2190. The molecule has 0 saturated carbocycles. The fourth-order valence-corrected chi connectivity index (χ4v) is 11.9. The molecule has 568 valence electrons. The molecule has 19 heteroatoms. The van der Waals surface area contributed by atoms with Crippen LogP contribution in [0.4, 0.5) is 0 Å². The first kappa shape index (κ1) is 94.2. The van der Waals surface area contributed by atoms with E-state index in [9.17, 15) is 43.2 Å². The summed E-state index contributed by atoms with van der Waals surface area (Å²) in [5.41, 5.74) is 0. The molecule has 98 heavy (non-hydrogen) atoms. The number of allylic oxidation sites excluding steroid dienone is 14. The van der Waals surface area contributed by atoms with E-state index in [2.05, 4.69) is 113 Å². The van der Waals surface area contributed by atoms with Gasteiger partial charge in [0, 0.05) is 25.7 Å². The van der Waals surface area contributed by atoms with Crippen LogP contribution in [0, 0.1) is 0 Å². The van der Waals surface area contributed by atoms with Crippen molar-refractivity contribution in [2.45, 2.75) is 354 Å². The molecule has 0 heterocycles. The van der Waals surface area contributed by atoms with Gasteiger partial charge in [0.15, 0.2) is 12.2 Å². The lowest BCUT2D eigenvalue weighted by Gasteiger charge is -2.21. The van der Waals surface area contributed by atoms with Crippen molar-refractivity contribution in [1.82, 2.24) is 0 Å². The van der Waals surface area contributed by atoms with Crippen molar-refractivity contribution in [2.75, 3.05) is 39.6 Å². The second-order valence-electron chi connectivity index (χ2n) is 25.9. The first-order valence-corrected chi connectivity index (χ1v) is 41.8. The standard InChI is InChI=1S/C79H140O17P2/c1-5-9-13-17-21-25-29-32-34-35-36-37-39-42-45-48-52-56-60-64-77(82)89-69-74(95-78(83)65-61-57-53-49-43-28-24-20-16-12-8-4)71-93-97(85,86)91-67-73(80)68-92-98(87,88)94-72-75(96-79(84)66-62-58-54-50-46-40-31-27-23-19-15-11-7-3)70-90-76(81)63-59-55-51-47-44-41-38-33-30-26-22-18-14-10-6-2/h15,19-21,24-25,27,31-34,36-38,73-75,80H,5-14,16-18,22-23,26,28-30,35,39-72H2,1-4H3,(H,85,86)(H,87,88)/b19-15-,24-20-,25-21-,31-27-,34-32-,37-36-,38-33-. The number of hydrogen-bond acceptors (Lipinski definition) is 15. The summed E-state index contributed by atoms with van der Waals surface area (Å²) in [5.74, 6) is -2.21. The Hall–Kier alpha value is -3.76. The summed E-state index contributed by atoms with van der Waals surface area (Å²) in [5, 5.41) is 10.6. The highest BCUT2D eigenvalue weighted by Gasteiger charge is 2.30. The predicted molar refractivity (Wildman–Crippen MR) is 399 cm³/mol. The van der Waals surface area contributed by atoms with Crippen molar-refractivity contribution in [2.24, 2.45) is 0 Å². The van der Waals surface area contributed by atoms with Crippen LogP contribution in [0.3, 0.4) is 0 Å². The van der Waals surface area contributed by atoms with Crippen LogP contribution >= 0.6 is 15.6 Å². The highest BCUT2D eigenvalue weighted by Crippen LogP contribution is 2.45. The zero-order valence-electron chi connectivity index (χ0n) is 62.0. The van der Waals surface area contributed by atoms with Gasteiger partial charge in [-0.25, -0.2) is 9.13 Å². The van der Waals surface area contributed by atoms with Gasteiger partial charge in [0.25, 0.3) is 0 Å². The molecule has 3 N–H and O–H groups in total. The summed E-state index contributed by atoms with van der Waals surface area (Å²) in [6, 6.07) is 0. The lowest BCUT2D eigenvalue weighted by atomic mass is 10.1. The summed E-state index contributed by atoms with van der Waals surface area (Å²) in [4.78, 5) is 72.8. The largest absolute Gasteiger partial charge is 0.472 e. The number of carbonyl (C=O) groups excluding carboxylic acids is 4. The minimum absolute atomic E-state index is 0.0785. The zero-order chi connectivity index (χ0) is 71.8. The highest BCUT2D eigenvalue weighted by molar-refractivity contribution is 7.47. The van der Waals surface area contributed by atoms with Crippen molar-refractivity contribution in [1.29, 1.82) is 0 Å². The van der Waals surface area contributed by atoms with Crippen LogP contribution in [-0.4, -0.2) is 96.7 Å². The van der Waals surface area contributed by atoms with E-state index in [1.807, 2.05) is 0 Å².